The van der Waals surface area contributed by atoms with Gasteiger partial charge in [0.15, 0.2) is 0 Å². The van der Waals surface area contributed by atoms with Crippen molar-refractivity contribution in [3.05, 3.63) is 70.1 Å². The fraction of sp³-hybridized carbons (Fsp3) is 0.318. The van der Waals surface area contributed by atoms with Crippen LogP contribution in [0, 0.1) is 6.92 Å². The number of aromatic nitrogens is 1. The van der Waals surface area contributed by atoms with Gasteiger partial charge in [0.1, 0.15) is 4.21 Å². The van der Waals surface area contributed by atoms with E-state index in [0.29, 0.717) is 42.4 Å². The zero-order valence-corrected chi connectivity index (χ0v) is 18.7. The highest BCUT2D eigenvalue weighted by atomic mass is 32.2. The van der Waals surface area contributed by atoms with Crippen molar-refractivity contribution in [3.8, 4) is 10.4 Å². The fourth-order valence-corrected chi connectivity index (χ4v) is 6.70. The molecule has 1 aromatic carbocycles. The molecule has 1 saturated heterocycles. The first-order valence-corrected chi connectivity index (χ1v) is 12.3. The molecule has 30 heavy (non-hydrogen) atoms. The number of nitrogens with one attached hydrogen (secondary N) is 1. The molecule has 1 N–H and O–H groups in total. The predicted molar refractivity (Wildman–Crippen MR) is 122 cm³/mol. The number of rotatable bonds is 5. The molecule has 3 aromatic rings. The average molecular weight is 444 g/mol. The quantitative estimate of drug-likeness (QED) is 0.655. The lowest BCUT2D eigenvalue weighted by molar-refractivity contribution is 0.386. The van der Waals surface area contributed by atoms with Gasteiger partial charge in [-0.05, 0) is 43.7 Å². The first kappa shape index (κ1) is 20.8. The van der Waals surface area contributed by atoms with Crippen molar-refractivity contribution in [3.63, 3.8) is 0 Å². The zero-order chi connectivity index (χ0) is 21.3. The zero-order valence-electron chi connectivity index (χ0n) is 17.1. The standard InChI is InChI=1S/C22H25N3O3S2/c1-3-17-15-19(16(2)23-22(17)26)20-9-10-21(29-20)30(27,28)25-13-11-24(12-14-25)18-7-5-4-6-8-18/h4-10,15H,3,11-14H2,1-2H3,(H,23,26). The molecule has 0 unspecified atom stereocenters. The fourth-order valence-electron chi connectivity index (χ4n) is 3.74. The summed E-state index contributed by atoms with van der Waals surface area (Å²) in [5.41, 5.74) is 3.37. The van der Waals surface area contributed by atoms with Crippen LogP contribution in [0.2, 0.25) is 0 Å². The largest absolute Gasteiger partial charge is 0.369 e. The molecule has 0 amide bonds. The van der Waals surface area contributed by atoms with Crippen LogP contribution in [0.15, 0.2) is 57.5 Å². The molecule has 3 heterocycles. The highest BCUT2D eigenvalue weighted by molar-refractivity contribution is 7.91. The van der Waals surface area contributed by atoms with E-state index in [1.165, 1.54) is 11.3 Å². The predicted octanol–water partition coefficient (Wildman–Crippen LogP) is 3.49. The molecular weight excluding hydrogens is 418 g/mol. The number of piperazine rings is 1. The first-order chi connectivity index (χ1) is 14.4. The van der Waals surface area contributed by atoms with Crippen molar-refractivity contribution < 1.29 is 8.42 Å². The van der Waals surface area contributed by atoms with Gasteiger partial charge < -0.3 is 9.88 Å². The summed E-state index contributed by atoms with van der Waals surface area (Å²) < 4.78 is 28.3. The Morgan fingerprint density at radius 2 is 1.73 bits per heavy atom. The highest BCUT2D eigenvalue weighted by Gasteiger charge is 2.30. The number of thiophene rings is 1. The second kappa shape index (κ2) is 8.37. The molecule has 1 fully saturated rings. The van der Waals surface area contributed by atoms with Crippen molar-refractivity contribution in [1.29, 1.82) is 0 Å². The monoisotopic (exact) mass is 443 g/mol. The maximum Gasteiger partial charge on any atom is 0.252 e. The number of nitrogens with zero attached hydrogens (tertiary/aromatic N) is 2. The van der Waals surface area contributed by atoms with Gasteiger partial charge in [0.25, 0.3) is 15.6 Å². The molecule has 4 rings (SSSR count). The van der Waals surface area contributed by atoms with E-state index in [1.807, 2.05) is 56.3 Å². The number of anilines is 1. The van der Waals surface area contributed by atoms with Crippen molar-refractivity contribution in [2.75, 3.05) is 31.1 Å². The molecule has 0 atom stereocenters. The van der Waals surface area contributed by atoms with Crippen LogP contribution in [0.5, 0.6) is 0 Å². The Morgan fingerprint density at radius 1 is 1.03 bits per heavy atom. The van der Waals surface area contributed by atoms with Crippen LogP contribution in [-0.4, -0.2) is 43.9 Å². The van der Waals surface area contributed by atoms with Crippen LogP contribution >= 0.6 is 11.3 Å². The third kappa shape index (κ3) is 3.95. The Kier molecular flexibility index (Phi) is 5.81. The summed E-state index contributed by atoms with van der Waals surface area (Å²) in [5.74, 6) is 0. The lowest BCUT2D eigenvalue weighted by Crippen LogP contribution is -2.48. The van der Waals surface area contributed by atoms with E-state index < -0.39 is 10.0 Å². The number of hydrogen-bond donors (Lipinski definition) is 1. The lowest BCUT2D eigenvalue weighted by Gasteiger charge is -2.35. The summed E-state index contributed by atoms with van der Waals surface area (Å²) >= 11 is 1.26. The maximum atomic E-state index is 13.2. The van der Waals surface area contributed by atoms with Crippen LogP contribution in [0.25, 0.3) is 10.4 Å². The number of pyridine rings is 1. The second-order valence-corrected chi connectivity index (χ2v) is 10.6. The van der Waals surface area contributed by atoms with Gasteiger partial charge in [-0.3, -0.25) is 4.79 Å². The minimum atomic E-state index is -3.54. The molecule has 0 saturated carbocycles. The van der Waals surface area contributed by atoms with Gasteiger partial charge in [0.05, 0.1) is 0 Å². The summed E-state index contributed by atoms with van der Waals surface area (Å²) in [5, 5.41) is 0. The minimum Gasteiger partial charge on any atom is -0.369 e. The van der Waals surface area contributed by atoms with E-state index in [9.17, 15) is 13.2 Å². The smallest absolute Gasteiger partial charge is 0.252 e. The van der Waals surface area contributed by atoms with E-state index in [4.69, 9.17) is 0 Å². The van der Waals surface area contributed by atoms with E-state index in [2.05, 4.69) is 9.88 Å². The number of para-hydroxylation sites is 1. The Balaban J connectivity index is 1.54. The number of sulfonamides is 1. The molecule has 0 spiro atoms. The SMILES string of the molecule is CCc1cc(-c2ccc(S(=O)(=O)N3CCN(c4ccccc4)CC3)s2)c(C)[nH]c1=O. The Labute approximate surface area is 180 Å². The Hall–Kier alpha value is -2.42. The van der Waals surface area contributed by atoms with Crippen LogP contribution in [-0.2, 0) is 16.4 Å². The molecule has 0 bridgehead atoms. The summed E-state index contributed by atoms with van der Waals surface area (Å²) in [4.78, 5) is 17.9. The van der Waals surface area contributed by atoms with E-state index in [0.717, 1.165) is 21.8 Å². The highest BCUT2D eigenvalue weighted by Crippen LogP contribution is 2.34. The molecule has 0 aliphatic carbocycles. The molecule has 6 nitrogen and oxygen atoms in total. The Morgan fingerprint density at radius 3 is 2.40 bits per heavy atom. The van der Waals surface area contributed by atoms with E-state index >= 15 is 0 Å². The summed E-state index contributed by atoms with van der Waals surface area (Å²) in [6.07, 6.45) is 0.630. The summed E-state index contributed by atoms with van der Waals surface area (Å²) in [7, 11) is -3.54. The summed E-state index contributed by atoms with van der Waals surface area (Å²) in [6.45, 7) is 6.03. The van der Waals surface area contributed by atoms with Gasteiger partial charge in [-0.1, -0.05) is 25.1 Å². The molecule has 158 valence electrons. The normalized spacial score (nSPS) is 15.5. The third-order valence-electron chi connectivity index (χ3n) is 5.50. The van der Waals surface area contributed by atoms with Gasteiger partial charge in [-0.25, -0.2) is 8.42 Å². The van der Waals surface area contributed by atoms with Crippen LogP contribution in [0.3, 0.4) is 0 Å². The number of hydrogen-bond acceptors (Lipinski definition) is 5. The van der Waals surface area contributed by atoms with Crippen molar-refractivity contribution in [1.82, 2.24) is 9.29 Å². The minimum absolute atomic E-state index is 0.0839. The number of benzene rings is 1. The molecule has 0 radical (unpaired) electrons. The van der Waals surface area contributed by atoms with Crippen LogP contribution < -0.4 is 10.5 Å². The molecule has 1 aliphatic rings. The van der Waals surface area contributed by atoms with Gasteiger partial charge in [0.2, 0.25) is 0 Å². The van der Waals surface area contributed by atoms with Gasteiger partial charge in [-0.15, -0.1) is 11.3 Å². The van der Waals surface area contributed by atoms with Gasteiger partial charge in [-0.2, -0.15) is 4.31 Å². The molecule has 8 heteroatoms. The molecular formula is C22H25N3O3S2. The number of H-pyrrole nitrogens is 1. The average Bonchev–Trinajstić information content (AvgIpc) is 3.25. The van der Waals surface area contributed by atoms with Crippen LogP contribution in [0.4, 0.5) is 5.69 Å². The van der Waals surface area contributed by atoms with Crippen molar-refractivity contribution in [2.45, 2.75) is 24.5 Å². The van der Waals surface area contributed by atoms with Gasteiger partial charge in [0, 0.05) is 53.6 Å². The van der Waals surface area contributed by atoms with Crippen LogP contribution in [0.1, 0.15) is 18.2 Å². The number of aryl methyl sites for hydroxylation is 2. The summed E-state index contributed by atoms with van der Waals surface area (Å²) in [6, 6.07) is 15.4. The second-order valence-electron chi connectivity index (χ2n) is 7.36. The number of aromatic amines is 1. The lowest BCUT2D eigenvalue weighted by atomic mass is 10.1. The Bertz CT molecular complexity index is 1190. The first-order valence-electron chi connectivity index (χ1n) is 10.0. The maximum absolute atomic E-state index is 13.2. The van der Waals surface area contributed by atoms with Gasteiger partial charge >= 0.3 is 0 Å². The molecule has 2 aromatic heterocycles. The third-order valence-corrected chi connectivity index (χ3v) is 8.98. The van der Waals surface area contributed by atoms with Crippen molar-refractivity contribution in [2.24, 2.45) is 0 Å². The van der Waals surface area contributed by atoms with Crippen molar-refractivity contribution >= 4 is 27.0 Å². The molecule has 1 aliphatic heterocycles. The topological polar surface area (TPSA) is 73.5 Å². The van der Waals surface area contributed by atoms with E-state index in [-0.39, 0.29) is 5.56 Å². The van der Waals surface area contributed by atoms with E-state index in [1.54, 1.807) is 10.4 Å².